The van der Waals surface area contributed by atoms with Gasteiger partial charge in [-0.2, -0.15) is 0 Å². The highest BCUT2D eigenvalue weighted by atomic mass is 14.8. The minimum atomic E-state index is 0.869. The maximum Gasteiger partial charge on any atom is 0.0593 e. The summed E-state index contributed by atoms with van der Waals surface area (Å²) in [5, 5.41) is 0. The van der Waals surface area contributed by atoms with Crippen molar-refractivity contribution in [3.8, 4) is 33.4 Å². The number of hydrogen-bond donors (Lipinski definition) is 0. The van der Waals surface area contributed by atoms with Crippen molar-refractivity contribution < 1.29 is 0 Å². The molecule has 0 aromatic heterocycles. The predicted molar refractivity (Wildman–Crippen MR) is 165 cm³/mol. The molecule has 1 aliphatic rings. The van der Waals surface area contributed by atoms with Crippen molar-refractivity contribution in [2.45, 2.75) is 40.0 Å². The lowest BCUT2D eigenvalue weighted by atomic mass is 9.90. The van der Waals surface area contributed by atoms with Gasteiger partial charge in [0.1, 0.15) is 0 Å². The molecule has 0 spiro atoms. The Labute approximate surface area is 227 Å². The number of allylic oxidation sites excluding steroid dienone is 4. The Morgan fingerprint density at radius 2 is 1.47 bits per heavy atom. The lowest BCUT2D eigenvalue weighted by molar-refractivity contribution is 0.963. The Bertz CT molecular complexity index is 1560. The Kier molecular flexibility index (Phi) is 7.65. The number of benzene rings is 4. The summed E-state index contributed by atoms with van der Waals surface area (Å²) in [7, 11) is 0. The molecule has 0 amide bonds. The molecular formula is C37H35N. The van der Waals surface area contributed by atoms with Crippen LogP contribution in [0.1, 0.15) is 42.9 Å². The number of aryl methyl sites for hydroxylation is 1. The molecule has 1 heteroatoms. The van der Waals surface area contributed by atoms with Crippen LogP contribution in [-0.4, -0.2) is 5.71 Å². The molecule has 0 heterocycles. The van der Waals surface area contributed by atoms with Gasteiger partial charge in [-0.3, -0.25) is 4.99 Å². The van der Waals surface area contributed by atoms with E-state index in [1.165, 1.54) is 50.1 Å². The summed E-state index contributed by atoms with van der Waals surface area (Å²) in [6, 6.07) is 32.9. The SMILES string of the molecule is C=C(N=C(CC)c1ccc(-c2cccc(-c3cccc(-c4ccccc4C)c3C)c2)cc1)C1=CC=CCC1. The van der Waals surface area contributed by atoms with Gasteiger partial charge >= 0.3 is 0 Å². The van der Waals surface area contributed by atoms with Gasteiger partial charge < -0.3 is 0 Å². The lowest BCUT2D eigenvalue weighted by Gasteiger charge is -2.15. The molecule has 0 bridgehead atoms. The van der Waals surface area contributed by atoms with Crippen molar-refractivity contribution in [2.24, 2.45) is 4.99 Å². The molecule has 0 saturated heterocycles. The van der Waals surface area contributed by atoms with E-state index in [1.54, 1.807) is 0 Å². The molecular weight excluding hydrogens is 458 g/mol. The minimum Gasteiger partial charge on any atom is -0.253 e. The van der Waals surface area contributed by atoms with E-state index in [-0.39, 0.29) is 0 Å². The third-order valence-corrected chi connectivity index (χ3v) is 7.48. The summed E-state index contributed by atoms with van der Waals surface area (Å²) in [6.45, 7) is 10.8. The third kappa shape index (κ3) is 5.38. The summed E-state index contributed by atoms with van der Waals surface area (Å²) in [4.78, 5) is 4.91. The van der Waals surface area contributed by atoms with Crippen LogP contribution in [-0.2, 0) is 0 Å². The van der Waals surface area contributed by atoms with Crippen LogP contribution < -0.4 is 0 Å². The van der Waals surface area contributed by atoms with Crippen molar-refractivity contribution in [3.63, 3.8) is 0 Å². The Morgan fingerprint density at radius 3 is 2.21 bits per heavy atom. The zero-order chi connectivity index (χ0) is 26.5. The number of aliphatic imine (C=N–C) groups is 1. The van der Waals surface area contributed by atoms with Crippen LogP contribution in [0.25, 0.3) is 33.4 Å². The van der Waals surface area contributed by atoms with Crippen LogP contribution >= 0.6 is 0 Å². The minimum absolute atomic E-state index is 0.869. The predicted octanol–water partition coefficient (Wildman–Crippen LogP) is 10.3. The van der Waals surface area contributed by atoms with Gasteiger partial charge in [-0.25, -0.2) is 0 Å². The van der Waals surface area contributed by atoms with Crippen molar-refractivity contribution in [3.05, 3.63) is 144 Å². The molecule has 4 aromatic carbocycles. The summed E-state index contributed by atoms with van der Waals surface area (Å²) in [5.74, 6) is 0. The van der Waals surface area contributed by atoms with E-state index in [9.17, 15) is 0 Å². The molecule has 0 atom stereocenters. The van der Waals surface area contributed by atoms with Gasteiger partial charge in [0, 0.05) is 5.71 Å². The Morgan fingerprint density at radius 1 is 0.763 bits per heavy atom. The topological polar surface area (TPSA) is 12.4 Å². The first-order chi connectivity index (χ1) is 18.5. The molecule has 0 radical (unpaired) electrons. The van der Waals surface area contributed by atoms with E-state index in [0.717, 1.165) is 36.2 Å². The number of nitrogens with zero attached hydrogens (tertiary/aromatic N) is 1. The molecule has 1 nitrogen and oxygen atoms in total. The highest BCUT2D eigenvalue weighted by Crippen LogP contribution is 2.35. The van der Waals surface area contributed by atoms with Crippen LogP contribution in [0.2, 0.25) is 0 Å². The fourth-order valence-electron chi connectivity index (χ4n) is 5.26. The second-order valence-corrected chi connectivity index (χ2v) is 9.97. The highest BCUT2D eigenvalue weighted by Gasteiger charge is 2.11. The molecule has 0 aliphatic heterocycles. The smallest absolute Gasteiger partial charge is 0.0593 e. The third-order valence-electron chi connectivity index (χ3n) is 7.48. The highest BCUT2D eigenvalue weighted by molar-refractivity contribution is 6.01. The van der Waals surface area contributed by atoms with Crippen molar-refractivity contribution in [2.75, 3.05) is 0 Å². The molecule has 188 valence electrons. The van der Waals surface area contributed by atoms with E-state index in [0.29, 0.717) is 0 Å². The quantitative estimate of drug-likeness (QED) is 0.227. The van der Waals surface area contributed by atoms with Crippen LogP contribution in [0.4, 0.5) is 0 Å². The van der Waals surface area contributed by atoms with Gasteiger partial charge in [0.05, 0.1) is 5.70 Å². The largest absolute Gasteiger partial charge is 0.253 e. The summed E-state index contributed by atoms with van der Waals surface area (Å²) >= 11 is 0. The van der Waals surface area contributed by atoms with Gasteiger partial charge in [0.15, 0.2) is 0 Å². The van der Waals surface area contributed by atoms with Crippen LogP contribution in [0, 0.1) is 13.8 Å². The first-order valence-corrected chi connectivity index (χ1v) is 13.5. The second kappa shape index (κ2) is 11.4. The van der Waals surface area contributed by atoms with E-state index in [4.69, 9.17) is 4.99 Å². The summed E-state index contributed by atoms with van der Waals surface area (Å²) in [5.41, 5.74) is 14.5. The van der Waals surface area contributed by atoms with Crippen molar-refractivity contribution >= 4 is 5.71 Å². The second-order valence-electron chi connectivity index (χ2n) is 9.97. The van der Waals surface area contributed by atoms with E-state index < -0.39 is 0 Å². The zero-order valence-corrected chi connectivity index (χ0v) is 22.7. The average molecular weight is 494 g/mol. The zero-order valence-electron chi connectivity index (χ0n) is 22.7. The molecule has 1 aliphatic carbocycles. The van der Waals surface area contributed by atoms with Crippen LogP contribution in [0.15, 0.2) is 132 Å². The van der Waals surface area contributed by atoms with Crippen LogP contribution in [0.5, 0.6) is 0 Å². The summed E-state index contributed by atoms with van der Waals surface area (Å²) in [6.07, 6.45) is 9.38. The van der Waals surface area contributed by atoms with Crippen LogP contribution in [0.3, 0.4) is 0 Å². The van der Waals surface area contributed by atoms with E-state index >= 15 is 0 Å². The fraction of sp³-hybridized carbons (Fsp3) is 0.162. The van der Waals surface area contributed by atoms with Gasteiger partial charge in [-0.15, -0.1) is 0 Å². The van der Waals surface area contributed by atoms with Crippen molar-refractivity contribution in [1.82, 2.24) is 0 Å². The normalized spacial score (nSPS) is 13.3. The van der Waals surface area contributed by atoms with E-state index in [1.807, 2.05) is 0 Å². The average Bonchev–Trinajstić information content (AvgIpc) is 2.97. The molecule has 38 heavy (non-hydrogen) atoms. The molecule has 0 saturated carbocycles. The maximum atomic E-state index is 4.91. The maximum absolute atomic E-state index is 4.91. The number of hydrogen-bond acceptors (Lipinski definition) is 1. The van der Waals surface area contributed by atoms with Gasteiger partial charge in [0.2, 0.25) is 0 Å². The Hall–Kier alpha value is -4.23. The molecule has 4 aromatic rings. The molecule has 0 fully saturated rings. The molecule has 0 N–H and O–H groups in total. The standard InChI is InChI=1S/C37H35N/c1-5-37(38-28(4)29-14-7-6-8-15-29)31-23-21-30(22-24-31)32-16-11-17-33(25-32)35-19-12-20-36(27(35)3)34-18-10-9-13-26(34)2/h6-7,9-14,16-25H,4-5,8,15H2,1-3H3. The molecule has 5 rings (SSSR count). The Balaban J connectivity index is 1.43. The number of rotatable bonds is 7. The summed E-state index contributed by atoms with van der Waals surface area (Å²) < 4.78 is 0. The van der Waals surface area contributed by atoms with Gasteiger partial charge in [-0.1, -0.05) is 117 Å². The monoisotopic (exact) mass is 493 g/mol. The first kappa shape index (κ1) is 25.4. The first-order valence-electron chi connectivity index (χ1n) is 13.5. The van der Waals surface area contributed by atoms with E-state index in [2.05, 4.69) is 137 Å². The fourth-order valence-corrected chi connectivity index (χ4v) is 5.26. The lowest BCUT2D eigenvalue weighted by Crippen LogP contribution is -2.01. The van der Waals surface area contributed by atoms with Gasteiger partial charge in [-0.05, 0) is 94.8 Å². The van der Waals surface area contributed by atoms with Gasteiger partial charge in [0.25, 0.3) is 0 Å². The molecule has 0 unspecified atom stereocenters. The van der Waals surface area contributed by atoms with Crippen molar-refractivity contribution in [1.29, 1.82) is 0 Å².